The van der Waals surface area contributed by atoms with Gasteiger partial charge in [0.15, 0.2) is 0 Å². The number of carbonyl (C=O) groups excluding carboxylic acids is 1. The van der Waals surface area contributed by atoms with Gasteiger partial charge in [0.1, 0.15) is 6.10 Å². The molecule has 0 amide bonds. The summed E-state index contributed by atoms with van der Waals surface area (Å²) < 4.78 is 11.0. The minimum atomic E-state index is -0.533. The zero-order chi connectivity index (χ0) is 28.5. The Labute approximate surface area is 242 Å². The van der Waals surface area contributed by atoms with Crippen molar-refractivity contribution >= 4 is 5.97 Å². The topological polar surface area (TPSA) is 55.8 Å². The van der Waals surface area contributed by atoms with Gasteiger partial charge in [-0.2, -0.15) is 0 Å². The number of hydrogen-bond donors (Lipinski definition) is 1. The number of aliphatic hydroxyl groups excluding tert-OH is 1. The molecule has 1 N–H and O–H groups in total. The molecule has 0 radical (unpaired) electrons. The van der Waals surface area contributed by atoms with Crippen molar-refractivity contribution < 1.29 is 19.4 Å². The second-order valence-corrected chi connectivity index (χ2v) is 10.5. The Kier molecular flexibility index (Phi) is 31.2. The van der Waals surface area contributed by atoms with Crippen molar-refractivity contribution in [2.45, 2.75) is 148 Å². The predicted molar refractivity (Wildman–Crippen MR) is 168 cm³/mol. The highest BCUT2D eigenvalue weighted by molar-refractivity contribution is 5.69. The zero-order valence-corrected chi connectivity index (χ0v) is 25.6. The van der Waals surface area contributed by atoms with Gasteiger partial charge in [0, 0.05) is 13.0 Å². The van der Waals surface area contributed by atoms with Gasteiger partial charge < -0.3 is 14.6 Å². The first-order chi connectivity index (χ1) is 19.2. The number of aliphatic hydroxyl groups is 1. The fourth-order valence-corrected chi connectivity index (χ4v) is 4.26. The molecule has 1 unspecified atom stereocenters. The van der Waals surface area contributed by atoms with Gasteiger partial charge in [0.05, 0.1) is 13.2 Å². The Morgan fingerprint density at radius 2 is 1.15 bits per heavy atom. The first-order valence-corrected chi connectivity index (χ1v) is 16.2. The van der Waals surface area contributed by atoms with E-state index in [-0.39, 0.29) is 12.6 Å². The Morgan fingerprint density at radius 1 is 0.641 bits per heavy atom. The highest BCUT2D eigenvalue weighted by Gasteiger charge is 2.13. The largest absolute Gasteiger partial charge is 0.457 e. The Hall–Kier alpha value is -1.65. The van der Waals surface area contributed by atoms with Crippen molar-refractivity contribution in [2.75, 3.05) is 19.8 Å². The zero-order valence-electron chi connectivity index (χ0n) is 25.6. The highest BCUT2D eigenvalue weighted by atomic mass is 16.6. The van der Waals surface area contributed by atoms with Gasteiger partial charge in [0.2, 0.25) is 0 Å². The van der Waals surface area contributed by atoms with Crippen LogP contribution < -0.4 is 0 Å². The van der Waals surface area contributed by atoms with Gasteiger partial charge in [-0.05, 0) is 51.4 Å². The fourth-order valence-electron chi connectivity index (χ4n) is 4.26. The van der Waals surface area contributed by atoms with Crippen LogP contribution in [-0.2, 0) is 14.3 Å². The van der Waals surface area contributed by atoms with Gasteiger partial charge in [-0.25, -0.2) is 0 Å². The number of esters is 1. The highest BCUT2D eigenvalue weighted by Crippen LogP contribution is 2.12. The maximum absolute atomic E-state index is 12.0. The van der Waals surface area contributed by atoms with E-state index in [0.717, 1.165) is 44.9 Å². The van der Waals surface area contributed by atoms with E-state index in [4.69, 9.17) is 9.47 Å². The van der Waals surface area contributed by atoms with Crippen LogP contribution in [0.25, 0.3) is 0 Å². The molecule has 0 aromatic rings. The quantitative estimate of drug-likeness (QED) is 0.0576. The summed E-state index contributed by atoms with van der Waals surface area (Å²) in [6, 6.07) is 0. The molecule has 0 rings (SSSR count). The second kappa shape index (κ2) is 32.6. The molecular formula is C35H62O4. The van der Waals surface area contributed by atoms with Crippen LogP contribution in [-0.4, -0.2) is 37.0 Å². The summed E-state index contributed by atoms with van der Waals surface area (Å²) in [5.74, 6) is -0.215. The van der Waals surface area contributed by atoms with E-state index in [0.29, 0.717) is 19.6 Å². The van der Waals surface area contributed by atoms with Crippen LogP contribution in [0, 0.1) is 0 Å². The second-order valence-electron chi connectivity index (χ2n) is 10.5. The maximum Gasteiger partial charge on any atom is 0.306 e. The molecule has 226 valence electrons. The molecule has 0 spiro atoms. The lowest BCUT2D eigenvalue weighted by Gasteiger charge is -2.15. The standard InChI is InChI=1S/C35H62O4/c1-3-5-7-9-11-12-13-14-15-16-17-18-19-20-21-22-23-24-25-26-28-30-35(37)39-34(32-36)33-38-31-29-27-10-8-6-4-2/h5,7,11-12,14-15,17-18,34,36H,3-4,6,8-10,13,16,19-33H2,1-2H3/b7-5-,12-11-,15-14-,18-17-. The van der Waals surface area contributed by atoms with E-state index in [9.17, 15) is 9.90 Å². The summed E-state index contributed by atoms with van der Waals surface area (Å²) in [6.07, 6.45) is 40.1. The number of rotatable bonds is 29. The molecule has 1 atom stereocenters. The first kappa shape index (κ1) is 37.4. The summed E-state index contributed by atoms with van der Waals surface area (Å²) >= 11 is 0. The number of allylic oxidation sites excluding steroid dienone is 8. The van der Waals surface area contributed by atoms with Gasteiger partial charge >= 0.3 is 5.97 Å². The number of ether oxygens (including phenoxy) is 2. The monoisotopic (exact) mass is 546 g/mol. The molecule has 0 aromatic carbocycles. The van der Waals surface area contributed by atoms with Gasteiger partial charge in [-0.1, -0.05) is 133 Å². The van der Waals surface area contributed by atoms with Crippen molar-refractivity contribution in [2.24, 2.45) is 0 Å². The lowest BCUT2D eigenvalue weighted by molar-refractivity contribution is -0.154. The minimum Gasteiger partial charge on any atom is -0.457 e. The van der Waals surface area contributed by atoms with Gasteiger partial charge in [0.25, 0.3) is 0 Å². The summed E-state index contributed by atoms with van der Waals surface area (Å²) in [4.78, 5) is 12.0. The molecule has 4 heteroatoms. The van der Waals surface area contributed by atoms with Crippen LogP contribution in [0.1, 0.15) is 142 Å². The van der Waals surface area contributed by atoms with E-state index < -0.39 is 6.10 Å². The molecule has 0 fully saturated rings. The number of unbranched alkanes of at least 4 members (excludes halogenated alkanes) is 13. The maximum atomic E-state index is 12.0. The summed E-state index contributed by atoms with van der Waals surface area (Å²) in [6.45, 7) is 5.17. The van der Waals surface area contributed by atoms with E-state index in [1.807, 2.05) is 0 Å². The molecule has 4 nitrogen and oxygen atoms in total. The van der Waals surface area contributed by atoms with Crippen molar-refractivity contribution in [1.82, 2.24) is 0 Å². The fraction of sp³-hybridized carbons (Fsp3) is 0.743. The third-order valence-corrected chi connectivity index (χ3v) is 6.67. The van der Waals surface area contributed by atoms with Crippen LogP contribution in [0.2, 0.25) is 0 Å². The number of carbonyl (C=O) groups is 1. The average Bonchev–Trinajstić information content (AvgIpc) is 2.94. The SMILES string of the molecule is CC/C=C\C/C=C\C/C=C\C/C=C\CCCCCCCCCCC(=O)OC(CO)COCCCCCCCC. The lowest BCUT2D eigenvalue weighted by atomic mass is 10.1. The summed E-state index contributed by atoms with van der Waals surface area (Å²) in [7, 11) is 0. The molecule has 0 aliphatic rings. The van der Waals surface area contributed by atoms with Gasteiger partial charge in [-0.15, -0.1) is 0 Å². The van der Waals surface area contributed by atoms with Crippen LogP contribution in [0.15, 0.2) is 48.6 Å². The molecular weight excluding hydrogens is 484 g/mol. The predicted octanol–water partition coefficient (Wildman–Crippen LogP) is 9.97. The van der Waals surface area contributed by atoms with Crippen molar-refractivity contribution in [3.05, 3.63) is 48.6 Å². The van der Waals surface area contributed by atoms with E-state index in [2.05, 4.69) is 62.5 Å². The van der Waals surface area contributed by atoms with Crippen LogP contribution in [0.5, 0.6) is 0 Å². The van der Waals surface area contributed by atoms with Crippen LogP contribution >= 0.6 is 0 Å². The smallest absolute Gasteiger partial charge is 0.306 e. The van der Waals surface area contributed by atoms with Gasteiger partial charge in [-0.3, -0.25) is 4.79 Å². The lowest BCUT2D eigenvalue weighted by Crippen LogP contribution is -2.27. The molecule has 0 aliphatic carbocycles. The molecule has 0 saturated heterocycles. The normalized spacial score (nSPS) is 13.0. The van der Waals surface area contributed by atoms with E-state index in [1.54, 1.807) is 0 Å². The third-order valence-electron chi connectivity index (χ3n) is 6.67. The van der Waals surface area contributed by atoms with Crippen molar-refractivity contribution in [3.8, 4) is 0 Å². The summed E-state index contributed by atoms with van der Waals surface area (Å²) in [5, 5.41) is 9.45. The molecule has 0 aliphatic heterocycles. The Morgan fingerprint density at radius 3 is 1.74 bits per heavy atom. The molecule has 0 heterocycles. The Bertz CT molecular complexity index is 620. The third kappa shape index (κ3) is 30.7. The van der Waals surface area contributed by atoms with Crippen LogP contribution in [0.3, 0.4) is 0 Å². The number of hydrogen-bond acceptors (Lipinski definition) is 4. The Balaban J connectivity index is 3.48. The first-order valence-electron chi connectivity index (χ1n) is 16.2. The van der Waals surface area contributed by atoms with E-state index >= 15 is 0 Å². The molecule has 0 bridgehead atoms. The van der Waals surface area contributed by atoms with Crippen LogP contribution in [0.4, 0.5) is 0 Å². The van der Waals surface area contributed by atoms with Crippen molar-refractivity contribution in [1.29, 1.82) is 0 Å². The molecule has 0 saturated carbocycles. The molecule has 0 aromatic heterocycles. The minimum absolute atomic E-state index is 0.176. The van der Waals surface area contributed by atoms with Crippen molar-refractivity contribution in [3.63, 3.8) is 0 Å². The molecule has 39 heavy (non-hydrogen) atoms. The summed E-state index contributed by atoms with van der Waals surface area (Å²) in [5.41, 5.74) is 0. The average molecular weight is 547 g/mol. The van der Waals surface area contributed by atoms with E-state index in [1.165, 1.54) is 77.0 Å².